The Morgan fingerprint density at radius 1 is 0.947 bits per heavy atom. The number of methoxy groups -OCH3 is 1. The highest BCUT2D eigenvalue weighted by molar-refractivity contribution is 5.99. The Kier molecular flexibility index (Phi) is 11.2. The number of rotatable bonds is 11. The first-order valence-corrected chi connectivity index (χ1v) is 13.2. The second-order valence-electron chi connectivity index (χ2n) is 10.6. The molecule has 0 aromatic heterocycles. The maximum atomic E-state index is 14.0. The van der Waals surface area contributed by atoms with E-state index in [1.54, 1.807) is 57.0 Å². The molecule has 0 radical (unpaired) electrons. The third-order valence-electron chi connectivity index (χ3n) is 5.97. The molecule has 8 nitrogen and oxygen atoms in total. The average Bonchev–Trinajstić information content (AvgIpc) is 2.86. The third-order valence-corrected chi connectivity index (χ3v) is 5.97. The van der Waals surface area contributed by atoms with Crippen molar-refractivity contribution in [3.8, 4) is 5.75 Å². The zero-order valence-corrected chi connectivity index (χ0v) is 24.0. The van der Waals surface area contributed by atoms with Crippen LogP contribution in [-0.4, -0.2) is 48.1 Å². The molecule has 0 spiro atoms. The van der Waals surface area contributed by atoms with Gasteiger partial charge in [-0.3, -0.25) is 9.59 Å². The van der Waals surface area contributed by atoms with Crippen LogP contribution in [0, 0.1) is 5.92 Å². The lowest BCUT2D eigenvalue weighted by Crippen LogP contribution is -2.54. The van der Waals surface area contributed by atoms with Gasteiger partial charge in [0.1, 0.15) is 23.4 Å². The maximum absolute atomic E-state index is 14.0. The molecule has 2 N–H and O–H groups in total. The van der Waals surface area contributed by atoms with E-state index in [4.69, 9.17) is 9.47 Å². The van der Waals surface area contributed by atoms with E-state index in [0.29, 0.717) is 30.0 Å². The van der Waals surface area contributed by atoms with Gasteiger partial charge >= 0.3 is 6.09 Å². The summed E-state index contributed by atoms with van der Waals surface area (Å²) in [7, 11) is 1.58. The van der Waals surface area contributed by atoms with Gasteiger partial charge in [-0.2, -0.15) is 0 Å². The van der Waals surface area contributed by atoms with Gasteiger partial charge < -0.3 is 25.0 Å². The summed E-state index contributed by atoms with van der Waals surface area (Å²) < 4.78 is 10.6. The van der Waals surface area contributed by atoms with Gasteiger partial charge in [0, 0.05) is 12.2 Å². The molecule has 0 aliphatic carbocycles. The number of amides is 3. The molecular weight excluding hydrogens is 482 g/mol. The lowest BCUT2D eigenvalue weighted by atomic mass is 9.97. The summed E-state index contributed by atoms with van der Waals surface area (Å²) in [6.45, 7) is 13.3. The van der Waals surface area contributed by atoms with E-state index in [0.717, 1.165) is 12.0 Å². The summed E-state index contributed by atoms with van der Waals surface area (Å²) in [4.78, 5) is 42.0. The van der Waals surface area contributed by atoms with Gasteiger partial charge in [0.15, 0.2) is 0 Å². The molecule has 2 unspecified atom stereocenters. The lowest BCUT2D eigenvalue weighted by molar-refractivity contribution is -0.141. The molecule has 208 valence electrons. The number of nitrogens with zero attached hydrogens (tertiary/aromatic N) is 1. The van der Waals surface area contributed by atoms with Crippen molar-refractivity contribution in [2.75, 3.05) is 19.0 Å². The molecule has 0 bridgehead atoms. The highest BCUT2D eigenvalue weighted by Gasteiger charge is 2.37. The minimum Gasteiger partial charge on any atom is -0.497 e. The molecule has 0 saturated heterocycles. The van der Waals surface area contributed by atoms with Crippen molar-refractivity contribution >= 4 is 23.6 Å². The molecule has 0 fully saturated rings. The van der Waals surface area contributed by atoms with E-state index in [9.17, 15) is 14.4 Å². The van der Waals surface area contributed by atoms with E-state index >= 15 is 0 Å². The van der Waals surface area contributed by atoms with Crippen LogP contribution in [0.2, 0.25) is 0 Å². The summed E-state index contributed by atoms with van der Waals surface area (Å²) in [6, 6.07) is 13.0. The molecule has 0 aliphatic rings. The van der Waals surface area contributed by atoms with Gasteiger partial charge in [-0.05, 0) is 74.9 Å². The van der Waals surface area contributed by atoms with Crippen LogP contribution < -0.4 is 15.4 Å². The summed E-state index contributed by atoms with van der Waals surface area (Å²) in [5.41, 5.74) is 1.69. The molecule has 2 aromatic rings. The summed E-state index contributed by atoms with van der Waals surface area (Å²) in [5.74, 6) is -0.254. The topological polar surface area (TPSA) is 97.0 Å². The quantitative estimate of drug-likeness (QED) is 0.391. The number of carbonyl (C=O) groups is 3. The first-order chi connectivity index (χ1) is 17.9. The van der Waals surface area contributed by atoms with Crippen LogP contribution in [0.1, 0.15) is 72.1 Å². The molecule has 8 heteroatoms. The Morgan fingerprint density at radius 2 is 1.55 bits per heavy atom. The fraction of sp³-hybridized carbons (Fsp3) is 0.500. The number of alkyl carbamates (subject to hydrolysis) is 1. The standard InChI is InChI=1S/C30H43N3O5/c1-9-19-33(28(35)25(20(3)4)32-29(36)38-30(5,6)7)26(22-13-11-21(10-2)12-14-22)27(34)31-23-15-17-24(37-8)18-16-23/h11-18,20,25-26H,9-10,19H2,1-8H3,(H,31,34)(H,32,36). The highest BCUT2D eigenvalue weighted by Crippen LogP contribution is 2.27. The smallest absolute Gasteiger partial charge is 0.408 e. The van der Waals surface area contributed by atoms with Gasteiger partial charge in [0.2, 0.25) is 5.91 Å². The highest BCUT2D eigenvalue weighted by atomic mass is 16.6. The number of hydrogen-bond donors (Lipinski definition) is 2. The molecule has 2 atom stereocenters. The molecule has 2 aromatic carbocycles. The summed E-state index contributed by atoms with van der Waals surface area (Å²) >= 11 is 0. The van der Waals surface area contributed by atoms with Gasteiger partial charge in [-0.15, -0.1) is 0 Å². The van der Waals surface area contributed by atoms with Crippen molar-refractivity contribution in [3.63, 3.8) is 0 Å². The fourth-order valence-electron chi connectivity index (χ4n) is 4.03. The number of anilines is 1. The normalized spacial score (nSPS) is 12.9. The third kappa shape index (κ3) is 8.78. The van der Waals surface area contributed by atoms with E-state index in [1.807, 2.05) is 45.0 Å². The Hall–Kier alpha value is -3.55. The maximum Gasteiger partial charge on any atom is 0.408 e. The molecule has 0 aliphatic heterocycles. The van der Waals surface area contributed by atoms with E-state index in [1.165, 1.54) is 0 Å². The predicted molar refractivity (Wildman–Crippen MR) is 150 cm³/mol. The minimum absolute atomic E-state index is 0.234. The van der Waals surface area contributed by atoms with Gasteiger partial charge in [-0.25, -0.2) is 4.79 Å². The number of ether oxygens (including phenoxy) is 2. The van der Waals surface area contributed by atoms with Crippen molar-refractivity contribution < 1.29 is 23.9 Å². The van der Waals surface area contributed by atoms with Crippen molar-refractivity contribution in [1.82, 2.24) is 10.2 Å². The van der Waals surface area contributed by atoms with Crippen molar-refractivity contribution in [2.45, 2.75) is 79.0 Å². The molecule has 38 heavy (non-hydrogen) atoms. The van der Waals surface area contributed by atoms with Gasteiger partial charge in [-0.1, -0.05) is 52.0 Å². The molecule has 0 heterocycles. The Balaban J connectivity index is 2.47. The molecule has 0 saturated carbocycles. The largest absolute Gasteiger partial charge is 0.497 e. The number of hydrogen-bond acceptors (Lipinski definition) is 5. The van der Waals surface area contributed by atoms with Crippen LogP contribution >= 0.6 is 0 Å². The Bertz CT molecular complexity index is 1060. The molecule has 3 amide bonds. The van der Waals surface area contributed by atoms with Gasteiger partial charge in [0.25, 0.3) is 5.91 Å². The number of nitrogens with one attached hydrogen (secondary N) is 2. The SMILES string of the molecule is CCCN(C(=O)C(NC(=O)OC(C)(C)C)C(C)C)C(C(=O)Nc1ccc(OC)cc1)c1ccc(CC)cc1. The van der Waals surface area contributed by atoms with E-state index in [-0.39, 0.29) is 17.7 Å². The first-order valence-electron chi connectivity index (χ1n) is 13.2. The number of carbonyl (C=O) groups excluding carboxylic acids is 3. The van der Waals surface area contributed by atoms with Crippen molar-refractivity contribution in [1.29, 1.82) is 0 Å². The van der Waals surface area contributed by atoms with E-state index < -0.39 is 23.8 Å². The van der Waals surface area contributed by atoms with Crippen LogP contribution in [-0.2, 0) is 20.7 Å². The predicted octanol–water partition coefficient (Wildman–Crippen LogP) is 5.73. The fourth-order valence-corrected chi connectivity index (χ4v) is 4.03. The minimum atomic E-state index is -0.905. The van der Waals surface area contributed by atoms with Crippen LogP contribution in [0.15, 0.2) is 48.5 Å². The Morgan fingerprint density at radius 3 is 2.03 bits per heavy atom. The lowest BCUT2D eigenvalue weighted by Gasteiger charge is -2.35. The Labute approximate surface area is 227 Å². The van der Waals surface area contributed by atoms with Crippen LogP contribution in [0.4, 0.5) is 10.5 Å². The molecular formula is C30H43N3O5. The van der Waals surface area contributed by atoms with E-state index in [2.05, 4.69) is 17.6 Å². The molecule has 2 rings (SSSR count). The second kappa shape index (κ2) is 13.8. The number of benzene rings is 2. The summed E-state index contributed by atoms with van der Waals surface area (Å²) in [5, 5.41) is 5.69. The van der Waals surface area contributed by atoms with Gasteiger partial charge in [0.05, 0.1) is 7.11 Å². The van der Waals surface area contributed by atoms with Crippen LogP contribution in [0.5, 0.6) is 5.75 Å². The van der Waals surface area contributed by atoms with Crippen LogP contribution in [0.3, 0.4) is 0 Å². The summed E-state index contributed by atoms with van der Waals surface area (Å²) in [6.07, 6.45) is 0.811. The van der Waals surface area contributed by atoms with Crippen LogP contribution in [0.25, 0.3) is 0 Å². The number of aryl methyl sites for hydroxylation is 1. The zero-order chi connectivity index (χ0) is 28.5. The monoisotopic (exact) mass is 525 g/mol. The first kappa shape index (κ1) is 30.7. The zero-order valence-electron chi connectivity index (χ0n) is 24.0. The average molecular weight is 526 g/mol. The van der Waals surface area contributed by atoms with Crippen molar-refractivity contribution in [2.24, 2.45) is 5.92 Å². The van der Waals surface area contributed by atoms with Crippen molar-refractivity contribution in [3.05, 3.63) is 59.7 Å². The second-order valence-corrected chi connectivity index (χ2v) is 10.6.